The van der Waals surface area contributed by atoms with Crippen molar-refractivity contribution in [3.8, 4) is 5.88 Å². The van der Waals surface area contributed by atoms with Crippen molar-refractivity contribution in [1.82, 2.24) is 9.88 Å². The van der Waals surface area contributed by atoms with Gasteiger partial charge in [0.05, 0.1) is 18.3 Å². The van der Waals surface area contributed by atoms with Crippen molar-refractivity contribution < 1.29 is 14.3 Å². The first-order valence-electron chi connectivity index (χ1n) is 7.21. The number of hydrogen-bond donors (Lipinski definition) is 1. The molecule has 1 aromatic heterocycles. The lowest BCUT2D eigenvalue weighted by Crippen LogP contribution is -2.57. The number of amides is 1. The zero-order chi connectivity index (χ0) is 15.5. The van der Waals surface area contributed by atoms with Crippen LogP contribution in [0, 0.1) is 0 Å². The van der Waals surface area contributed by atoms with E-state index in [1.54, 1.807) is 11.1 Å². The van der Waals surface area contributed by atoms with Crippen molar-refractivity contribution in [2.45, 2.75) is 39.3 Å². The largest absolute Gasteiger partial charge is 0.476 e. The first-order valence-corrected chi connectivity index (χ1v) is 7.21. The van der Waals surface area contributed by atoms with Crippen molar-refractivity contribution >= 4 is 11.8 Å². The Balaban J connectivity index is 1.84. The molecule has 6 nitrogen and oxygen atoms in total. The predicted octanol–water partition coefficient (Wildman–Crippen LogP) is 2.51. The fourth-order valence-electron chi connectivity index (χ4n) is 2.02. The Hall–Kier alpha value is -1.98. The van der Waals surface area contributed by atoms with Crippen LogP contribution in [0.25, 0.3) is 0 Å². The van der Waals surface area contributed by atoms with Crippen LogP contribution in [0.4, 0.5) is 10.5 Å². The third kappa shape index (κ3) is 4.24. The highest BCUT2D eigenvalue weighted by atomic mass is 16.6. The summed E-state index contributed by atoms with van der Waals surface area (Å²) in [4.78, 5) is 17.7. The molecule has 6 heteroatoms. The normalized spacial score (nSPS) is 15.3. The van der Waals surface area contributed by atoms with Gasteiger partial charge in [-0.05, 0) is 39.8 Å². The summed E-state index contributed by atoms with van der Waals surface area (Å²) >= 11 is 0. The van der Waals surface area contributed by atoms with Crippen LogP contribution in [0.1, 0.15) is 27.7 Å². The lowest BCUT2D eigenvalue weighted by Gasteiger charge is -2.40. The molecule has 1 amide bonds. The molecule has 1 aliphatic rings. The van der Waals surface area contributed by atoms with E-state index < -0.39 is 5.60 Å². The second kappa shape index (κ2) is 6.20. The van der Waals surface area contributed by atoms with Crippen molar-refractivity contribution in [3.63, 3.8) is 0 Å². The van der Waals surface area contributed by atoms with Crippen molar-refractivity contribution in [1.29, 1.82) is 0 Å². The molecule has 1 fully saturated rings. The van der Waals surface area contributed by atoms with Crippen LogP contribution in [-0.2, 0) is 4.74 Å². The van der Waals surface area contributed by atoms with E-state index in [-0.39, 0.29) is 12.1 Å². The molecule has 0 aromatic carbocycles. The number of carbonyl (C=O) groups is 1. The van der Waals surface area contributed by atoms with E-state index in [1.165, 1.54) is 0 Å². The fourth-order valence-corrected chi connectivity index (χ4v) is 2.02. The highest BCUT2D eigenvalue weighted by Crippen LogP contribution is 2.24. The minimum atomic E-state index is -0.457. The lowest BCUT2D eigenvalue weighted by molar-refractivity contribution is 0.0105. The average Bonchev–Trinajstić information content (AvgIpc) is 2.33. The second-order valence-corrected chi connectivity index (χ2v) is 6.02. The minimum absolute atomic E-state index is 0.195. The summed E-state index contributed by atoms with van der Waals surface area (Å²) in [6.07, 6.45) is 1.43. The molecule has 0 radical (unpaired) electrons. The van der Waals surface area contributed by atoms with Gasteiger partial charge in [-0.1, -0.05) is 0 Å². The molecule has 0 atom stereocenters. The van der Waals surface area contributed by atoms with E-state index in [9.17, 15) is 4.79 Å². The molecule has 0 unspecified atom stereocenters. The standard InChI is InChI=1S/C15H23N3O3/c1-5-20-13-12(7-6-8-16-13)17-11-9-18(10-11)14(19)21-15(2,3)4/h6-8,11,17H,5,9-10H2,1-4H3. The molecule has 0 bridgehead atoms. The van der Waals surface area contributed by atoms with Gasteiger partial charge in [0.25, 0.3) is 0 Å². The zero-order valence-corrected chi connectivity index (χ0v) is 13.0. The highest BCUT2D eigenvalue weighted by Gasteiger charge is 2.34. The Morgan fingerprint density at radius 1 is 1.48 bits per heavy atom. The quantitative estimate of drug-likeness (QED) is 0.924. The number of rotatable bonds is 4. The Kier molecular flexibility index (Phi) is 4.55. The number of likely N-dealkylation sites (tertiary alicyclic amines) is 1. The Bertz CT molecular complexity index is 493. The van der Waals surface area contributed by atoms with Gasteiger partial charge >= 0.3 is 6.09 Å². The van der Waals surface area contributed by atoms with E-state index in [0.717, 1.165) is 5.69 Å². The van der Waals surface area contributed by atoms with Crippen LogP contribution in [0.2, 0.25) is 0 Å². The van der Waals surface area contributed by atoms with Crippen LogP contribution in [0.3, 0.4) is 0 Å². The lowest BCUT2D eigenvalue weighted by atomic mass is 10.1. The molecule has 0 spiro atoms. The molecule has 2 rings (SSSR count). The molecule has 116 valence electrons. The maximum Gasteiger partial charge on any atom is 0.410 e. The molecule has 1 N–H and O–H groups in total. The first kappa shape index (κ1) is 15.4. The number of nitrogens with zero attached hydrogens (tertiary/aromatic N) is 2. The predicted molar refractivity (Wildman–Crippen MR) is 80.6 cm³/mol. The van der Waals surface area contributed by atoms with Gasteiger partial charge in [-0.25, -0.2) is 9.78 Å². The maximum absolute atomic E-state index is 11.8. The third-order valence-electron chi connectivity index (χ3n) is 2.95. The van der Waals surface area contributed by atoms with Crippen LogP contribution >= 0.6 is 0 Å². The molecule has 1 aromatic rings. The Morgan fingerprint density at radius 3 is 2.81 bits per heavy atom. The fraction of sp³-hybridized carbons (Fsp3) is 0.600. The van der Waals surface area contributed by atoms with Crippen LogP contribution in [0.5, 0.6) is 5.88 Å². The smallest absolute Gasteiger partial charge is 0.410 e. The zero-order valence-electron chi connectivity index (χ0n) is 13.0. The molecule has 2 heterocycles. The van der Waals surface area contributed by atoms with E-state index in [1.807, 2.05) is 39.8 Å². The summed E-state index contributed by atoms with van der Waals surface area (Å²) in [5, 5.41) is 3.34. The molecule has 0 aliphatic carbocycles. The molecular weight excluding hydrogens is 270 g/mol. The van der Waals surface area contributed by atoms with E-state index in [2.05, 4.69) is 10.3 Å². The molecule has 0 saturated carbocycles. The van der Waals surface area contributed by atoms with Gasteiger partial charge in [-0.3, -0.25) is 0 Å². The first-order chi connectivity index (χ1) is 9.89. The topological polar surface area (TPSA) is 63.7 Å². The number of anilines is 1. The summed E-state index contributed by atoms with van der Waals surface area (Å²) in [7, 11) is 0. The van der Waals surface area contributed by atoms with E-state index >= 15 is 0 Å². The second-order valence-electron chi connectivity index (χ2n) is 6.02. The molecule has 1 aliphatic heterocycles. The summed E-state index contributed by atoms with van der Waals surface area (Å²) in [6, 6.07) is 3.98. The number of hydrogen-bond acceptors (Lipinski definition) is 5. The van der Waals surface area contributed by atoms with Crippen molar-refractivity contribution in [3.05, 3.63) is 18.3 Å². The number of nitrogens with one attached hydrogen (secondary N) is 1. The summed E-state index contributed by atoms with van der Waals surface area (Å²) in [5.74, 6) is 0.593. The van der Waals surface area contributed by atoms with Crippen LogP contribution in [0.15, 0.2) is 18.3 Å². The highest BCUT2D eigenvalue weighted by molar-refractivity contribution is 5.70. The van der Waals surface area contributed by atoms with Gasteiger partial charge in [0, 0.05) is 19.3 Å². The van der Waals surface area contributed by atoms with Crippen LogP contribution < -0.4 is 10.1 Å². The van der Waals surface area contributed by atoms with Gasteiger partial charge in [0.15, 0.2) is 0 Å². The van der Waals surface area contributed by atoms with E-state index in [4.69, 9.17) is 9.47 Å². The van der Waals surface area contributed by atoms with Crippen molar-refractivity contribution in [2.24, 2.45) is 0 Å². The van der Waals surface area contributed by atoms with Gasteiger partial charge in [0.2, 0.25) is 5.88 Å². The van der Waals surface area contributed by atoms with Gasteiger partial charge in [-0.2, -0.15) is 0 Å². The number of aromatic nitrogens is 1. The van der Waals surface area contributed by atoms with E-state index in [0.29, 0.717) is 25.6 Å². The summed E-state index contributed by atoms with van der Waals surface area (Å²) in [6.45, 7) is 9.33. The number of carbonyl (C=O) groups excluding carboxylic acids is 1. The minimum Gasteiger partial charge on any atom is -0.476 e. The Labute approximate surface area is 125 Å². The summed E-state index contributed by atoms with van der Waals surface area (Å²) in [5.41, 5.74) is 0.398. The van der Waals surface area contributed by atoms with Gasteiger partial charge in [0.1, 0.15) is 5.60 Å². The molecule has 1 saturated heterocycles. The van der Waals surface area contributed by atoms with Crippen LogP contribution in [-0.4, -0.2) is 47.3 Å². The van der Waals surface area contributed by atoms with Gasteiger partial charge < -0.3 is 19.7 Å². The Morgan fingerprint density at radius 2 is 2.19 bits per heavy atom. The average molecular weight is 293 g/mol. The molecule has 21 heavy (non-hydrogen) atoms. The summed E-state index contributed by atoms with van der Waals surface area (Å²) < 4.78 is 10.8. The number of ether oxygens (including phenoxy) is 2. The maximum atomic E-state index is 11.8. The number of pyridine rings is 1. The SMILES string of the molecule is CCOc1ncccc1NC1CN(C(=O)OC(C)(C)C)C1. The van der Waals surface area contributed by atoms with Gasteiger partial charge in [-0.15, -0.1) is 0 Å². The molecular formula is C15H23N3O3. The monoisotopic (exact) mass is 293 g/mol. The third-order valence-corrected chi connectivity index (χ3v) is 2.95. The van der Waals surface area contributed by atoms with Crippen molar-refractivity contribution in [2.75, 3.05) is 25.0 Å².